The summed E-state index contributed by atoms with van der Waals surface area (Å²) in [4.78, 5) is 0. The minimum Gasteiger partial charge on any atom is -0.229 e. The number of hydrogen-bond acceptors (Lipinski definition) is 0. The molecule has 1 rings (SSSR count). The molecule has 64 valence electrons. The van der Waals surface area contributed by atoms with Gasteiger partial charge in [-0.2, -0.15) is 13.2 Å². The van der Waals surface area contributed by atoms with Crippen LogP contribution in [0.5, 0.6) is 0 Å². The maximum Gasteiger partial charge on any atom is 0.426 e. The molecule has 11 heavy (non-hydrogen) atoms. The van der Waals surface area contributed by atoms with E-state index in [1.165, 1.54) is 6.08 Å². The van der Waals surface area contributed by atoms with Crippen LogP contribution in [0.4, 0.5) is 17.6 Å². The average Bonchev–Trinajstić information content (AvgIpc) is 1.87. The quantitative estimate of drug-likeness (QED) is 0.385. The first kappa shape index (κ1) is 8.56. The number of halogens is 4. The maximum atomic E-state index is 12.9. The predicted molar refractivity (Wildman–Crippen MR) is 32.9 cm³/mol. The van der Waals surface area contributed by atoms with Crippen molar-refractivity contribution in [2.24, 2.45) is 0 Å². The smallest absolute Gasteiger partial charge is 0.229 e. The van der Waals surface area contributed by atoms with Gasteiger partial charge in [0, 0.05) is 0 Å². The Bertz CT molecular complexity index is 170. The summed E-state index contributed by atoms with van der Waals surface area (Å²) in [6, 6.07) is 0. The Morgan fingerprint density at radius 1 is 1.27 bits per heavy atom. The van der Waals surface area contributed by atoms with Gasteiger partial charge in [-0.1, -0.05) is 6.08 Å². The zero-order valence-corrected chi connectivity index (χ0v) is 5.79. The van der Waals surface area contributed by atoms with Crippen LogP contribution in [0.25, 0.3) is 0 Å². The molecule has 0 aromatic carbocycles. The number of rotatable bonds is 0. The number of alkyl halides is 4. The van der Waals surface area contributed by atoms with Crippen molar-refractivity contribution in [3.63, 3.8) is 0 Å². The highest BCUT2D eigenvalue weighted by Gasteiger charge is 2.53. The number of allylic oxidation sites excluding steroid dienone is 2. The lowest BCUT2D eigenvalue weighted by atomic mass is 9.92. The lowest BCUT2D eigenvalue weighted by Gasteiger charge is -2.26. The minimum absolute atomic E-state index is 0.270. The first-order valence-corrected chi connectivity index (χ1v) is 3.39. The van der Waals surface area contributed by atoms with Crippen molar-refractivity contribution in [2.75, 3.05) is 0 Å². The second-order valence-corrected chi connectivity index (χ2v) is 2.65. The van der Waals surface area contributed by atoms with Crippen LogP contribution < -0.4 is 0 Å². The van der Waals surface area contributed by atoms with Crippen LogP contribution in [0.1, 0.15) is 19.3 Å². The summed E-state index contributed by atoms with van der Waals surface area (Å²) in [6.45, 7) is 0. The Labute approximate surface area is 61.9 Å². The van der Waals surface area contributed by atoms with Gasteiger partial charge < -0.3 is 0 Å². The van der Waals surface area contributed by atoms with Gasteiger partial charge in [0.2, 0.25) is 5.67 Å². The summed E-state index contributed by atoms with van der Waals surface area (Å²) in [6.07, 6.45) is -2.50. The maximum absolute atomic E-state index is 12.9. The Morgan fingerprint density at radius 3 is 2.18 bits per heavy atom. The van der Waals surface area contributed by atoms with E-state index in [-0.39, 0.29) is 6.42 Å². The highest BCUT2D eigenvalue weighted by Crippen LogP contribution is 2.41. The fraction of sp³-hybridized carbons (Fsp3) is 0.714. The van der Waals surface area contributed by atoms with E-state index in [0.29, 0.717) is 12.5 Å². The highest BCUT2D eigenvalue weighted by atomic mass is 19.4. The van der Waals surface area contributed by atoms with Gasteiger partial charge in [0.1, 0.15) is 0 Å². The fourth-order valence-electron chi connectivity index (χ4n) is 1.07. The van der Waals surface area contributed by atoms with E-state index in [2.05, 4.69) is 0 Å². The molecule has 0 amide bonds. The van der Waals surface area contributed by atoms with E-state index >= 15 is 0 Å². The van der Waals surface area contributed by atoms with E-state index < -0.39 is 18.3 Å². The van der Waals surface area contributed by atoms with Gasteiger partial charge in [-0.3, -0.25) is 0 Å². The van der Waals surface area contributed by atoms with Crippen LogP contribution in [0.15, 0.2) is 12.2 Å². The second kappa shape index (κ2) is 2.50. The minimum atomic E-state index is -4.75. The SMILES string of the molecule is FC(F)(F)C1(F)C=CCCC1. The van der Waals surface area contributed by atoms with E-state index in [4.69, 9.17) is 0 Å². The molecule has 0 nitrogen and oxygen atoms in total. The molecule has 0 saturated carbocycles. The summed E-state index contributed by atoms with van der Waals surface area (Å²) >= 11 is 0. The van der Waals surface area contributed by atoms with Gasteiger partial charge in [0.25, 0.3) is 0 Å². The third-order valence-corrected chi connectivity index (χ3v) is 1.76. The lowest BCUT2D eigenvalue weighted by molar-refractivity contribution is -0.215. The molecule has 4 heteroatoms. The summed E-state index contributed by atoms with van der Waals surface area (Å²) in [5.74, 6) is 0. The zero-order valence-electron chi connectivity index (χ0n) is 5.79. The Balaban J connectivity index is 2.80. The molecule has 0 N–H and O–H groups in total. The monoisotopic (exact) mass is 168 g/mol. The molecule has 0 saturated heterocycles. The van der Waals surface area contributed by atoms with Gasteiger partial charge in [-0.15, -0.1) is 0 Å². The molecule has 0 bridgehead atoms. The molecule has 0 aliphatic heterocycles. The van der Waals surface area contributed by atoms with Crippen LogP contribution >= 0.6 is 0 Å². The van der Waals surface area contributed by atoms with Gasteiger partial charge >= 0.3 is 6.18 Å². The largest absolute Gasteiger partial charge is 0.426 e. The van der Waals surface area contributed by atoms with Crippen molar-refractivity contribution < 1.29 is 17.6 Å². The second-order valence-electron chi connectivity index (χ2n) is 2.65. The van der Waals surface area contributed by atoms with Gasteiger partial charge in [0.05, 0.1) is 0 Å². The summed E-state index contributed by atoms with van der Waals surface area (Å²) < 4.78 is 48.6. The third kappa shape index (κ3) is 1.54. The normalized spacial score (nSPS) is 32.4. The van der Waals surface area contributed by atoms with Crippen LogP contribution in [0.3, 0.4) is 0 Å². The first-order valence-electron chi connectivity index (χ1n) is 3.39. The van der Waals surface area contributed by atoms with Crippen LogP contribution in [0.2, 0.25) is 0 Å². The third-order valence-electron chi connectivity index (χ3n) is 1.76. The lowest BCUT2D eigenvalue weighted by Crippen LogP contribution is -2.39. The molecular formula is C7H8F4. The fourth-order valence-corrected chi connectivity index (χ4v) is 1.07. The Kier molecular flexibility index (Phi) is 1.94. The molecule has 1 unspecified atom stereocenters. The molecule has 1 aliphatic carbocycles. The standard InChI is InChI=1S/C7H8F4/c8-6(7(9,10)11)4-2-1-3-5-6/h2,4H,1,3,5H2. The Hall–Kier alpha value is -0.540. The van der Waals surface area contributed by atoms with E-state index in [1.54, 1.807) is 0 Å². The van der Waals surface area contributed by atoms with Gasteiger partial charge in [0.15, 0.2) is 0 Å². The van der Waals surface area contributed by atoms with E-state index in [0.717, 1.165) is 0 Å². The molecule has 0 aromatic heterocycles. The zero-order chi connectivity index (χ0) is 8.54. The van der Waals surface area contributed by atoms with Crippen molar-refractivity contribution >= 4 is 0 Å². The molecule has 0 aromatic rings. The highest BCUT2D eigenvalue weighted by molar-refractivity contribution is 5.09. The van der Waals surface area contributed by atoms with Crippen molar-refractivity contribution in [3.05, 3.63) is 12.2 Å². The predicted octanol–water partition coefficient (Wildman–Crippen LogP) is 3.00. The van der Waals surface area contributed by atoms with Gasteiger partial charge in [-0.05, 0) is 25.3 Å². The van der Waals surface area contributed by atoms with Crippen LogP contribution in [0, 0.1) is 0 Å². The van der Waals surface area contributed by atoms with Crippen LogP contribution in [-0.4, -0.2) is 11.8 Å². The van der Waals surface area contributed by atoms with Crippen LogP contribution in [-0.2, 0) is 0 Å². The van der Waals surface area contributed by atoms with Crippen molar-refractivity contribution in [1.29, 1.82) is 0 Å². The molecule has 0 heterocycles. The molecule has 1 aliphatic rings. The van der Waals surface area contributed by atoms with E-state index in [9.17, 15) is 17.6 Å². The molecule has 0 spiro atoms. The van der Waals surface area contributed by atoms with Crippen molar-refractivity contribution in [2.45, 2.75) is 31.1 Å². The summed E-state index contributed by atoms with van der Waals surface area (Å²) in [5, 5.41) is 0. The molecule has 0 radical (unpaired) electrons. The Morgan fingerprint density at radius 2 is 1.91 bits per heavy atom. The van der Waals surface area contributed by atoms with Crippen molar-refractivity contribution in [1.82, 2.24) is 0 Å². The number of hydrogen-bond donors (Lipinski definition) is 0. The summed E-state index contributed by atoms with van der Waals surface area (Å²) in [7, 11) is 0. The molecular weight excluding hydrogens is 160 g/mol. The average molecular weight is 168 g/mol. The van der Waals surface area contributed by atoms with Crippen molar-refractivity contribution in [3.8, 4) is 0 Å². The van der Waals surface area contributed by atoms with E-state index in [1.807, 2.05) is 0 Å². The molecule has 0 fully saturated rings. The molecule has 1 atom stereocenters. The first-order chi connectivity index (χ1) is 4.96. The van der Waals surface area contributed by atoms with Gasteiger partial charge in [-0.25, -0.2) is 4.39 Å². The summed E-state index contributed by atoms with van der Waals surface area (Å²) in [5.41, 5.74) is -3.06. The topological polar surface area (TPSA) is 0 Å².